The van der Waals surface area contributed by atoms with Gasteiger partial charge in [-0.15, -0.1) is 0 Å². The lowest BCUT2D eigenvalue weighted by Crippen LogP contribution is -2.60. The summed E-state index contributed by atoms with van der Waals surface area (Å²) < 4.78 is 5.66. The van der Waals surface area contributed by atoms with Crippen LogP contribution in [0, 0.1) is 11.3 Å². The Morgan fingerprint density at radius 3 is 2.93 bits per heavy atom. The smallest absolute Gasteiger partial charge is 0.0702 e. The fourth-order valence-electron chi connectivity index (χ4n) is 3.61. The van der Waals surface area contributed by atoms with Gasteiger partial charge in [-0.2, -0.15) is 0 Å². The Kier molecular flexibility index (Phi) is 3.33. The second-order valence-corrected chi connectivity index (χ2v) is 5.16. The monoisotopic (exact) mass is 213 g/mol. The number of rotatable bonds is 3. The zero-order chi connectivity index (χ0) is 10.9. The van der Waals surface area contributed by atoms with Gasteiger partial charge in [0.2, 0.25) is 0 Å². The largest absolute Gasteiger partial charge is 0.396 e. The number of methoxy groups -OCH3 is 1. The van der Waals surface area contributed by atoms with E-state index >= 15 is 0 Å². The van der Waals surface area contributed by atoms with Crippen molar-refractivity contribution in [2.75, 3.05) is 33.4 Å². The summed E-state index contributed by atoms with van der Waals surface area (Å²) in [5.41, 5.74) is 0.0198. The molecule has 15 heavy (non-hydrogen) atoms. The number of aliphatic hydroxyl groups is 1. The fourth-order valence-corrected chi connectivity index (χ4v) is 3.61. The number of ether oxygens (including phenoxy) is 1. The van der Waals surface area contributed by atoms with Crippen molar-refractivity contribution in [3.8, 4) is 0 Å². The lowest BCUT2D eigenvalue weighted by atomic mass is 9.64. The first-order valence-corrected chi connectivity index (χ1v) is 6.12. The molecule has 1 aliphatic heterocycles. The molecular weight excluding hydrogens is 190 g/mol. The van der Waals surface area contributed by atoms with Crippen LogP contribution in [0.25, 0.3) is 0 Å². The van der Waals surface area contributed by atoms with Crippen LogP contribution in [-0.4, -0.2) is 49.5 Å². The third-order valence-corrected chi connectivity index (χ3v) is 4.33. The second-order valence-electron chi connectivity index (χ2n) is 5.16. The van der Waals surface area contributed by atoms with Crippen molar-refractivity contribution in [2.45, 2.75) is 32.3 Å². The van der Waals surface area contributed by atoms with E-state index in [0.717, 1.165) is 26.1 Å². The molecule has 1 saturated carbocycles. The summed E-state index contributed by atoms with van der Waals surface area (Å²) in [6.45, 7) is 5.73. The van der Waals surface area contributed by atoms with Crippen LogP contribution in [-0.2, 0) is 4.74 Å². The normalized spacial score (nSPS) is 41.8. The van der Waals surface area contributed by atoms with Gasteiger partial charge in [-0.25, -0.2) is 0 Å². The average Bonchev–Trinajstić information content (AvgIpc) is 2.27. The van der Waals surface area contributed by atoms with Gasteiger partial charge in [0.15, 0.2) is 0 Å². The standard InChI is InChI=1S/C12H23NO2/c1-3-13-7-10-5-4-6-12(8-13,9-14)11(10)15-2/h10-11,14H,3-9H2,1-2H3/t10-,11?,12+/m1/s1. The van der Waals surface area contributed by atoms with Crippen molar-refractivity contribution in [3.05, 3.63) is 0 Å². The number of hydrogen-bond donors (Lipinski definition) is 1. The van der Waals surface area contributed by atoms with E-state index in [2.05, 4.69) is 11.8 Å². The van der Waals surface area contributed by atoms with Crippen molar-refractivity contribution in [1.29, 1.82) is 0 Å². The molecule has 1 heterocycles. The summed E-state index contributed by atoms with van der Waals surface area (Å²) in [6, 6.07) is 0. The minimum Gasteiger partial charge on any atom is -0.396 e. The van der Waals surface area contributed by atoms with Crippen molar-refractivity contribution >= 4 is 0 Å². The third kappa shape index (κ3) is 1.81. The van der Waals surface area contributed by atoms with Crippen LogP contribution < -0.4 is 0 Å². The summed E-state index contributed by atoms with van der Waals surface area (Å²) in [5, 5.41) is 9.70. The number of piperidine rings is 1. The number of likely N-dealkylation sites (tertiary alicyclic amines) is 1. The zero-order valence-corrected chi connectivity index (χ0v) is 9.91. The summed E-state index contributed by atoms with van der Waals surface area (Å²) >= 11 is 0. The summed E-state index contributed by atoms with van der Waals surface area (Å²) in [5.74, 6) is 0.629. The quantitative estimate of drug-likeness (QED) is 0.762. The Hall–Kier alpha value is -0.120. The van der Waals surface area contributed by atoms with Crippen LogP contribution in [0.3, 0.4) is 0 Å². The van der Waals surface area contributed by atoms with Crippen LogP contribution in [0.1, 0.15) is 26.2 Å². The summed E-state index contributed by atoms with van der Waals surface area (Å²) in [6.07, 6.45) is 3.91. The highest BCUT2D eigenvalue weighted by atomic mass is 16.5. The molecule has 3 nitrogen and oxygen atoms in total. The van der Waals surface area contributed by atoms with Crippen molar-refractivity contribution < 1.29 is 9.84 Å². The maximum atomic E-state index is 9.70. The molecule has 1 unspecified atom stereocenters. The van der Waals surface area contributed by atoms with Gasteiger partial charge in [0, 0.05) is 25.6 Å². The number of hydrogen-bond acceptors (Lipinski definition) is 3. The molecule has 0 radical (unpaired) electrons. The molecule has 0 aromatic carbocycles. The van der Waals surface area contributed by atoms with Crippen LogP contribution in [0.4, 0.5) is 0 Å². The maximum Gasteiger partial charge on any atom is 0.0702 e. The van der Waals surface area contributed by atoms with E-state index in [-0.39, 0.29) is 18.1 Å². The van der Waals surface area contributed by atoms with E-state index in [9.17, 15) is 5.11 Å². The van der Waals surface area contributed by atoms with Gasteiger partial charge in [-0.3, -0.25) is 0 Å². The molecule has 1 N–H and O–H groups in total. The molecular formula is C12H23NO2. The Labute approximate surface area is 92.4 Å². The molecule has 2 fully saturated rings. The van der Waals surface area contributed by atoms with E-state index < -0.39 is 0 Å². The zero-order valence-electron chi connectivity index (χ0n) is 9.91. The van der Waals surface area contributed by atoms with Gasteiger partial charge in [-0.05, 0) is 25.3 Å². The number of fused-ring (bicyclic) bond motifs is 2. The number of aliphatic hydroxyl groups excluding tert-OH is 1. The topological polar surface area (TPSA) is 32.7 Å². The lowest BCUT2D eigenvalue weighted by Gasteiger charge is -2.53. The van der Waals surface area contributed by atoms with Gasteiger partial charge in [0.05, 0.1) is 12.7 Å². The Balaban J connectivity index is 2.20. The first kappa shape index (κ1) is 11.4. The van der Waals surface area contributed by atoms with Crippen LogP contribution in [0.15, 0.2) is 0 Å². The molecule has 88 valence electrons. The Morgan fingerprint density at radius 2 is 2.33 bits per heavy atom. The van der Waals surface area contributed by atoms with Crippen LogP contribution in [0.5, 0.6) is 0 Å². The SMILES string of the molecule is CCN1C[C@H]2CCC[C@@](CO)(C1)C2OC. The first-order chi connectivity index (χ1) is 7.25. The molecule has 0 spiro atoms. The predicted molar refractivity (Wildman–Crippen MR) is 59.8 cm³/mol. The van der Waals surface area contributed by atoms with E-state index in [1.165, 1.54) is 12.8 Å². The molecule has 1 saturated heterocycles. The van der Waals surface area contributed by atoms with Gasteiger partial charge in [0.1, 0.15) is 0 Å². The van der Waals surface area contributed by atoms with E-state index in [0.29, 0.717) is 5.92 Å². The molecule has 2 bridgehead atoms. The summed E-state index contributed by atoms with van der Waals surface area (Å²) in [4.78, 5) is 2.47. The Bertz CT molecular complexity index is 222. The first-order valence-electron chi connectivity index (χ1n) is 6.12. The van der Waals surface area contributed by atoms with Gasteiger partial charge in [-0.1, -0.05) is 13.3 Å². The average molecular weight is 213 g/mol. The minimum absolute atomic E-state index is 0.0198. The van der Waals surface area contributed by atoms with Crippen LogP contribution in [0.2, 0.25) is 0 Å². The highest BCUT2D eigenvalue weighted by molar-refractivity contribution is 5.01. The molecule has 0 aromatic rings. The van der Waals surface area contributed by atoms with Gasteiger partial charge in [0.25, 0.3) is 0 Å². The highest BCUT2D eigenvalue weighted by Crippen LogP contribution is 2.45. The lowest BCUT2D eigenvalue weighted by molar-refractivity contribution is -0.148. The van der Waals surface area contributed by atoms with E-state index in [1.807, 2.05) is 0 Å². The number of nitrogens with zero attached hydrogens (tertiary/aromatic N) is 1. The maximum absolute atomic E-state index is 9.70. The van der Waals surface area contributed by atoms with E-state index in [4.69, 9.17) is 4.74 Å². The molecule has 2 aliphatic rings. The molecule has 0 aromatic heterocycles. The fraction of sp³-hybridized carbons (Fsp3) is 1.00. The molecule has 0 amide bonds. The third-order valence-electron chi connectivity index (χ3n) is 4.33. The van der Waals surface area contributed by atoms with Gasteiger partial charge >= 0.3 is 0 Å². The van der Waals surface area contributed by atoms with Crippen molar-refractivity contribution in [1.82, 2.24) is 4.90 Å². The minimum atomic E-state index is 0.0198. The summed E-state index contributed by atoms with van der Waals surface area (Å²) in [7, 11) is 1.80. The second kappa shape index (κ2) is 4.40. The highest BCUT2D eigenvalue weighted by Gasteiger charge is 2.50. The molecule has 3 heteroatoms. The van der Waals surface area contributed by atoms with Crippen LogP contribution >= 0.6 is 0 Å². The molecule has 3 atom stereocenters. The molecule has 2 rings (SSSR count). The van der Waals surface area contributed by atoms with Crippen molar-refractivity contribution in [3.63, 3.8) is 0 Å². The van der Waals surface area contributed by atoms with Crippen molar-refractivity contribution in [2.24, 2.45) is 11.3 Å². The molecule has 1 aliphatic carbocycles. The predicted octanol–water partition coefficient (Wildman–Crippen LogP) is 1.12. The Morgan fingerprint density at radius 1 is 1.53 bits per heavy atom. The van der Waals surface area contributed by atoms with Gasteiger partial charge < -0.3 is 14.7 Å². The van der Waals surface area contributed by atoms with E-state index in [1.54, 1.807) is 7.11 Å².